The predicted octanol–water partition coefficient (Wildman–Crippen LogP) is -1.63. The van der Waals surface area contributed by atoms with Crippen molar-refractivity contribution in [3.05, 3.63) is 27.7 Å². The summed E-state index contributed by atoms with van der Waals surface area (Å²) in [4.78, 5) is 16.8. The van der Waals surface area contributed by atoms with Crippen LogP contribution in [0, 0.1) is 12.9 Å². The maximum absolute atomic E-state index is 13.6. The van der Waals surface area contributed by atoms with Gasteiger partial charge in [-0.25, -0.2) is 4.98 Å². The molecule has 4 unspecified atom stereocenters. The minimum Gasteiger partial charge on any atom is -0.394 e. The van der Waals surface area contributed by atoms with Crippen molar-refractivity contribution in [3.8, 4) is 0 Å². The molecular weight excluding hydrogens is 247 g/mol. The summed E-state index contributed by atoms with van der Waals surface area (Å²) in [5, 5.41) is 28.2. The topological polar surface area (TPSA) is 116 Å². The third-order valence-corrected chi connectivity index (χ3v) is 2.88. The van der Waals surface area contributed by atoms with Crippen LogP contribution in [0.15, 0.2) is 4.79 Å². The lowest BCUT2D eigenvalue weighted by Crippen LogP contribution is -2.32. The van der Waals surface area contributed by atoms with Crippen LogP contribution in [-0.2, 0) is 4.74 Å². The molecule has 1 aromatic rings. The van der Waals surface area contributed by atoms with E-state index in [2.05, 4.69) is 4.98 Å². The lowest BCUT2D eigenvalue weighted by molar-refractivity contribution is -0.0253. The molecule has 1 saturated heterocycles. The van der Waals surface area contributed by atoms with Gasteiger partial charge in [-0.15, -0.1) is 0 Å². The van der Waals surface area contributed by atoms with E-state index < -0.39 is 42.5 Å². The van der Waals surface area contributed by atoms with Crippen molar-refractivity contribution in [1.29, 1.82) is 0 Å². The van der Waals surface area contributed by atoms with Crippen molar-refractivity contribution >= 4 is 0 Å². The summed E-state index contributed by atoms with van der Waals surface area (Å²) in [5.74, 6) is -1.03. The molecule has 1 aliphatic rings. The van der Waals surface area contributed by atoms with Gasteiger partial charge in [-0.2, -0.15) is 4.39 Å². The molecule has 18 heavy (non-hydrogen) atoms. The van der Waals surface area contributed by atoms with Gasteiger partial charge in [-0.1, -0.05) is 0 Å². The monoisotopic (exact) mass is 260 g/mol. The second-order valence-electron chi connectivity index (χ2n) is 4.11. The summed E-state index contributed by atoms with van der Waals surface area (Å²) in [6, 6.07) is 0. The Labute approximate surface area is 101 Å². The SMILES string of the molecule is Cc1nc(C2OC(CO)C(O)C2O)c(F)[nH]c1=O. The summed E-state index contributed by atoms with van der Waals surface area (Å²) in [6.45, 7) is 0.863. The Bertz CT molecular complexity index is 506. The fourth-order valence-electron chi connectivity index (χ4n) is 1.85. The number of aliphatic hydroxyl groups is 3. The standard InChI is InChI=1S/C10H13FN2O5/c1-3-10(17)13-9(11)5(12-3)8-7(16)6(15)4(2-14)18-8/h4,6-8,14-16H,2H2,1H3,(H,13,17). The summed E-state index contributed by atoms with van der Waals surface area (Å²) in [7, 11) is 0. The van der Waals surface area contributed by atoms with E-state index in [1.54, 1.807) is 0 Å². The second-order valence-corrected chi connectivity index (χ2v) is 4.11. The van der Waals surface area contributed by atoms with E-state index in [0.717, 1.165) is 0 Å². The number of nitrogens with one attached hydrogen (secondary N) is 1. The normalized spacial score (nSPS) is 31.8. The molecule has 7 nitrogen and oxygen atoms in total. The van der Waals surface area contributed by atoms with Gasteiger partial charge in [0.15, 0.2) is 0 Å². The Balaban J connectivity index is 2.38. The number of rotatable bonds is 2. The highest BCUT2D eigenvalue weighted by molar-refractivity contribution is 5.12. The van der Waals surface area contributed by atoms with E-state index in [1.165, 1.54) is 6.92 Å². The molecule has 0 aliphatic carbocycles. The average Bonchev–Trinajstić information content (AvgIpc) is 2.61. The number of aromatic amines is 1. The van der Waals surface area contributed by atoms with Gasteiger partial charge in [0, 0.05) is 0 Å². The Morgan fingerprint density at radius 1 is 1.44 bits per heavy atom. The molecule has 0 radical (unpaired) electrons. The lowest BCUT2D eigenvalue weighted by Gasteiger charge is -2.14. The molecular formula is C10H13FN2O5. The van der Waals surface area contributed by atoms with E-state index >= 15 is 0 Å². The number of hydrogen-bond donors (Lipinski definition) is 4. The van der Waals surface area contributed by atoms with Gasteiger partial charge in [0.05, 0.1) is 6.61 Å². The smallest absolute Gasteiger partial charge is 0.271 e. The van der Waals surface area contributed by atoms with Crippen molar-refractivity contribution in [3.63, 3.8) is 0 Å². The van der Waals surface area contributed by atoms with Crippen LogP contribution in [0.2, 0.25) is 0 Å². The number of H-pyrrole nitrogens is 1. The van der Waals surface area contributed by atoms with Gasteiger partial charge in [-0.3, -0.25) is 9.78 Å². The summed E-state index contributed by atoms with van der Waals surface area (Å²) in [6.07, 6.45) is -5.01. The molecule has 2 rings (SSSR count). The highest BCUT2D eigenvalue weighted by Crippen LogP contribution is 2.32. The van der Waals surface area contributed by atoms with E-state index in [0.29, 0.717) is 0 Å². The van der Waals surface area contributed by atoms with Crippen molar-refractivity contribution in [1.82, 2.24) is 9.97 Å². The highest BCUT2D eigenvalue weighted by atomic mass is 19.1. The first-order chi connectivity index (χ1) is 8.45. The van der Waals surface area contributed by atoms with E-state index in [1.807, 2.05) is 4.98 Å². The summed E-state index contributed by atoms with van der Waals surface area (Å²) < 4.78 is 18.7. The number of nitrogens with zero attached hydrogens (tertiary/aromatic N) is 1. The van der Waals surface area contributed by atoms with Crippen LogP contribution in [0.25, 0.3) is 0 Å². The van der Waals surface area contributed by atoms with Crippen LogP contribution in [0.3, 0.4) is 0 Å². The molecule has 4 atom stereocenters. The van der Waals surface area contributed by atoms with Gasteiger partial charge in [0.2, 0.25) is 5.95 Å². The molecule has 1 aromatic heterocycles. The first-order valence-corrected chi connectivity index (χ1v) is 5.34. The quantitative estimate of drug-likeness (QED) is 0.507. The van der Waals surface area contributed by atoms with Gasteiger partial charge in [-0.05, 0) is 6.92 Å². The maximum Gasteiger partial charge on any atom is 0.271 e. The Kier molecular flexibility index (Phi) is 3.44. The van der Waals surface area contributed by atoms with E-state index in [-0.39, 0.29) is 11.4 Å². The minimum absolute atomic E-state index is 0.0177. The van der Waals surface area contributed by atoms with Gasteiger partial charge in [0.25, 0.3) is 5.56 Å². The van der Waals surface area contributed by atoms with Crippen LogP contribution in [0.4, 0.5) is 4.39 Å². The molecule has 100 valence electrons. The van der Waals surface area contributed by atoms with E-state index in [4.69, 9.17) is 9.84 Å². The van der Waals surface area contributed by atoms with Crippen LogP contribution < -0.4 is 5.56 Å². The maximum atomic E-state index is 13.6. The molecule has 1 aliphatic heterocycles. The van der Waals surface area contributed by atoms with Crippen molar-refractivity contribution < 1.29 is 24.4 Å². The zero-order chi connectivity index (χ0) is 13.4. The molecule has 2 heterocycles. The number of ether oxygens (including phenoxy) is 1. The zero-order valence-corrected chi connectivity index (χ0v) is 9.50. The van der Waals surface area contributed by atoms with Crippen molar-refractivity contribution in [2.24, 2.45) is 0 Å². The summed E-state index contributed by atoms with van der Waals surface area (Å²) >= 11 is 0. The van der Waals surface area contributed by atoms with Crippen molar-refractivity contribution in [2.45, 2.75) is 31.3 Å². The van der Waals surface area contributed by atoms with Crippen LogP contribution >= 0.6 is 0 Å². The van der Waals surface area contributed by atoms with Gasteiger partial charge < -0.3 is 20.1 Å². The second kappa shape index (κ2) is 4.73. The zero-order valence-electron chi connectivity index (χ0n) is 9.50. The number of aromatic nitrogens is 2. The molecule has 8 heteroatoms. The highest BCUT2D eigenvalue weighted by Gasteiger charge is 2.45. The van der Waals surface area contributed by atoms with Gasteiger partial charge in [0.1, 0.15) is 35.8 Å². The van der Waals surface area contributed by atoms with Gasteiger partial charge >= 0.3 is 0 Å². The van der Waals surface area contributed by atoms with Crippen molar-refractivity contribution in [2.75, 3.05) is 6.61 Å². The summed E-state index contributed by atoms with van der Waals surface area (Å²) in [5.41, 5.74) is -0.957. The number of aryl methyl sites for hydroxylation is 1. The van der Waals surface area contributed by atoms with Crippen LogP contribution in [-0.4, -0.2) is 50.2 Å². The van der Waals surface area contributed by atoms with Crippen LogP contribution in [0.1, 0.15) is 17.5 Å². The Morgan fingerprint density at radius 3 is 2.67 bits per heavy atom. The Morgan fingerprint density at radius 2 is 2.11 bits per heavy atom. The Hall–Kier alpha value is -1.35. The first kappa shape index (κ1) is 13.1. The minimum atomic E-state index is -1.42. The molecule has 0 aromatic carbocycles. The number of halogens is 1. The first-order valence-electron chi connectivity index (χ1n) is 5.34. The molecule has 4 N–H and O–H groups in total. The van der Waals surface area contributed by atoms with Crippen LogP contribution in [0.5, 0.6) is 0 Å². The fourth-order valence-corrected chi connectivity index (χ4v) is 1.85. The molecule has 0 bridgehead atoms. The molecule has 0 spiro atoms. The third kappa shape index (κ3) is 2.03. The number of aliphatic hydroxyl groups excluding tert-OH is 3. The molecule has 0 amide bonds. The third-order valence-electron chi connectivity index (χ3n) is 2.88. The molecule has 1 fully saturated rings. The fraction of sp³-hybridized carbons (Fsp3) is 0.600. The number of hydrogen-bond acceptors (Lipinski definition) is 6. The average molecular weight is 260 g/mol. The largest absolute Gasteiger partial charge is 0.394 e. The molecule has 0 saturated carbocycles. The predicted molar refractivity (Wildman–Crippen MR) is 56.3 cm³/mol. The van der Waals surface area contributed by atoms with E-state index in [9.17, 15) is 19.4 Å². The lowest BCUT2D eigenvalue weighted by atomic mass is 10.1.